The molecule has 0 aliphatic heterocycles. The molecular formula is C20H20N2O3S. The van der Waals surface area contributed by atoms with E-state index in [0.29, 0.717) is 12.4 Å². The maximum atomic E-state index is 12.1. The molecule has 1 aromatic carbocycles. The van der Waals surface area contributed by atoms with Crippen LogP contribution in [0.4, 0.5) is 0 Å². The first-order valence-electron chi connectivity index (χ1n) is 8.38. The third-order valence-corrected chi connectivity index (χ3v) is 4.47. The van der Waals surface area contributed by atoms with E-state index in [0.717, 1.165) is 27.4 Å². The van der Waals surface area contributed by atoms with Crippen LogP contribution in [-0.4, -0.2) is 22.5 Å². The molecular weight excluding hydrogens is 348 g/mol. The number of aryl methyl sites for hydroxylation is 1. The van der Waals surface area contributed by atoms with Crippen LogP contribution in [0.3, 0.4) is 0 Å². The van der Waals surface area contributed by atoms with Gasteiger partial charge in [0.1, 0.15) is 12.4 Å². The molecule has 5 nitrogen and oxygen atoms in total. The van der Waals surface area contributed by atoms with Crippen LogP contribution in [0, 0.1) is 6.92 Å². The SMILES string of the molecule is CCOc1cncc(COC(=O)Cc2ccc(-c3csc(C)n3)cc2)c1. The van der Waals surface area contributed by atoms with Crippen molar-refractivity contribution in [1.29, 1.82) is 0 Å². The van der Waals surface area contributed by atoms with E-state index >= 15 is 0 Å². The third-order valence-electron chi connectivity index (χ3n) is 3.70. The van der Waals surface area contributed by atoms with Gasteiger partial charge in [0.2, 0.25) is 0 Å². The fourth-order valence-electron chi connectivity index (χ4n) is 2.46. The van der Waals surface area contributed by atoms with Crippen LogP contribution in [0.25, 0.3) is 11.3 Å². The molecule has 0 fully saturated rings. The summed E-state index contributed by atoms with van der Waals surface area (Å²) in [5.41, 5.74) is 3.72. The van der Waals surface area contributed by atoms with Crippen molar-refractivity contribution in [2.24, 2.45) is 0 Å². The quantitative estimate of drug-likeness (QED) is 0.585. The molecule has 0 saturated heterocycles. The average molecular weight is 368 g/mol. The summed E-state index contributed by atoms with van der Waals surface area (Å²) in [4.78, 5) is 20.6. The van der Waals surface area contributed by atoms with Gasteiger partial charge in [0.15, 0.2) is 0 Å². The Balaban J connectivity index is 1.54. The summed E-state index contributed by atoms with van der Waals surface area (Å²) in [6.07, 6.45) is 3.54. The van der Waals surface area contributed by atoms with Crippen LogP contribution in [0.15, 0.2) is 48.1 Å². The summed E-state index contributed by atoms with van der Waals surface area (Å²) < 4.78 is 10.7. The number of nitrogens with zero attached hydrogens (tertiary/aromatic N) is 2. The number of thiazole rings is 1. The minimum atomic E-state index is -0.274. The highest BCUT2D eigenvalue weighted by molar-refractivity contribution is 7.09. The van der Waals surface area contributed by atoms with Gasteiger partial charge in [0.05, 0.1) is 29.9 Å². The molecule has 0 unspecified atom stereocenters. The zero-order valence-corrected chi connectivity index (χ0v) is 15.6. The number of aromatic nitrogens is 2. The molecule has 0 radical (unpaired) electrons. The highest BCUT2D eigenvalue weighted by Crippen LogP contribution is 2.22. The van der Waals surface area contributed by atoms with Gasteiger partial charge in [-0.05, 0) is 25.5 Å². The monoisotopic (exact) mass is 368 g/mol. The average Bonchev–Trinajstić information content (AvgIpc) is 3.08. The first-order chi connectivity index (χ1) is 12.6. The summed E-state index contributed by atoms with van der Waals surface area (Å²) in [7, 11) is 0. The zero-order valence-electron chi connectivity index (χ0n) is 14.8. The van der Waals surface area contributed by atoms with E-state index in [1.54, 1.807) is 23.7 Å². The van der Waals surface area contributed by atoms with Gasteiger partial charge >= 0.3 is 5.97 Å². The van der Waals surface area contributed by atoms with Crippen molar-refractivity contribution in [3.05, 3.63) is 64.2 Å². The van der Waals surface area contributed by atoms with Crippen LogP contribution in [0.1, 0.15) is 23.1 Å². The zero-order chi connectivity index (χ0) is 18.4. The van der Waals surface area contributed by atoms with Crippen molar-refractivity contribution >= 4 is 17.3 Å². The molecule has 0 atom stereocenters. The number of pyridine rings is 1. The molecule has 0 saturated carbocycles. The van der Waals surface area contributed by atoms with Crippen molar-refractivity contribution in [1.82, 2.24) is 9.97 Å². The number of hydrogen-bond acceptors (Lipinski definition) is 6. The molecule has 2 heterocycles. The normalized spacial score (nSPS) is 10.5. The Bertz CT molecular complexity index is 875. The van der Waals surface area contributed by atoms with Crippen LogP contribution in [0.2, 0.25) is 0 Å². The minimum Gasteiger partial charge on any atom is -0.492 e. The lowest BCUT2D eigenvalue weighted by Crippen LogP contribution is -2.08. The number of hydrogen-bond donors (Lipinski definition) is 0. The van der Waals surface area contributed by atoms with E-state index in [-0.39, 0.29) is 19.0 Å². The predicted octanol–water partition coefficient (Wildman–Crippen LogP) is 4.20. The molecule has 0 bridgehead atoms. The summed E-state index contributed by atoms with van der Waals surface area (Å²) in [5.74, 6) is 0.401. The van der Waals surface area contributed by atoms with Crippen molar-refractivity contribution in [3.8, 4) is 17.0 Å². The summed E-state index contributed by atoms with van der Waals surface area (Å²) in [6.45, 7) is 4.65. The van der Waals surface area contributed by atoms with E-state index in [1.807, 2.05) is 49.6 Å². The first kappa shape index (κ1) is 18.1. The standard InChI is InChI=1S/C20H20N2O3S/c1-3-24-18-8-16(10-21-11-18)12-25-20(23)9-15-4-6-17(7-5-15)19-13-26-14(2)22-19/h4-8,10-11,13H,3,9,12H2,1-2H3. The molecule has 2 aromatic heterocycles. The lowest BCUT2D eigenvalue weighted by molar-refractivity contribution is -0.144. The number of ether oxygens (including phenoxy) is 2. The highest BCUT2D eigenvalue weighted by atomic mass is 32.1. The van der Waals surface area contributed by atoms with Gasteiger partial charge in [-0.1, -0.05) is 24.3 Å². The Morgan fingerprint density at radius 1 is 1.15 bits per heavy atom. The van der Waals surface area contributed by atoms with Gasteiger partial charge in [0.25, 0.3) is 0 Å². The summed E-state index contributed by atoms with van der Waals surface area (Å²) >= 11 is 1.62. The van der Waals surface area contributed by atoms with Crippen LogP contribution in [-0.2, 0) is 22.6 Å². The minimum absolute atomic E-state index is 0.183. The lowest BCUT2D eigenvalue weighted by atomic mass is 10.1. The molecule has 0 N–H and O–H groups in total. The van der Waals surface area contributed by atoms with Crippen LogP contribution >= 0.6 is 11.3 Å². The summed E-state index contributed by atoms with van der Waals surface area (Å²) in [5, 5.41) is 3.07. The predicted molar refractivity (Wildman–Crippen MR) is 101 cm³/mol. The van der Waals surface area contributed by atoms with Crippen molar-refractivity contribution in [2.45, 2.75) is 26.9 Å². The van der Waals surface area contributed by atoms with Gasteiger partial charge in [-0.15, -0.1) is 11.3 Å². The van der Waals surface area contributed by atoms with E-state index < -0.39 is 0 Å². The Hall–Kier alpha value is -2.73. The van der Waals surface area contributed by atoms with E-state index in [2.05, 4.69) is 9.97 Å². The highest BCUT2D eigenvalue weighted by Gasteiger charge is 2.08. The van der Waals surface area contributed by atoms with Gasteiger partial charge < -0.3 is 9.47 Å². The maximum Gasteiger partial charge on any atom is 0.310 e. The van der Waals surface area contributed by atoms with Crippen molar-refractivity contribution in [2.75, 3.05) is 6.61 Å². The molecule has 134 valence electrons. The molecule has 0 amide bonds. The van der Waals surface area contributed by atoms with Gasteiger partial charge in [-0.2, -0.15) is 0 Å². The topological polar surface area (TPSA) is 61.3 Å². The van der Waals surface area contributed by atoms with E-state index in [9.17, 15) is 4.79 Å². The molecule has 0 aliphatic carbocycles. The van der Waals surface area contributed by atoms with Crippen LogP contribution < -0.4 is 4.74 Å². The van der Waals surface area contributed by atoms with Gasteiger partial charge in [-0.25, -0.2) is 4.98 Å². The smallest absolute Gasteiger partial charge is 0.310 e. The first-order valence-corrected chi connectivity index (χ1v) is 9.26. The Labute approximate surface area is 156 Å². The van der Waals surface area contributed by atoms with Crippen molar-refractivity contribution in [3.63, 3.8) is 0 Å². The fraction of sp³-hybridized carbons (Fsp3) is 0.250. The van der Waals surface area contributed by atoms with E-state index in [1.165, 1.54) is 0 Å². The Morgan fingerprint density at radius 3 is 2.65 bits per heavy atom. The number of carbonyl (C=O) groups is 1. The largest absolute Gasteiger partial charge is 0.492 e. The Kier molecular flexibility index (Phi) is 5.96. The second-order valence-corrected chi connectivity index (χ2v) is 6.81. The third kappa shape index (κ3) is 4.89. The molecule has 3 rings (SSSR count). The molecule has 3 aromatic rings. The molecule has 0 aliphatic rings. The summed E-state index contributed by atoms with van der Waals surface area (Å²) in [6, 6.07) is 9.65. The van der Waals surface area contributed by atoms with Gasteiger partial charge in [0, 0.05) is 22.7 Å². The Morgan fingerprint density at radius 2 is 1.96 bits per heavy atom. The fourth-order valence-corrected chi connectivity index (χ4v) is 3.08. The van der Waals surface area contributed by atoms with Gasteiger partial charge in [-0.3, -0.25) is 9.78 Å². The maximum absolute atomic E-state index is 12.1. The van der Waals surface area contributed by atoms with Crippen LogP contribution in [0.5, 0.6) is 5.75 Å². The van der Waals surface area contributed by atoms with E-state index in [4.69, 9.17) is 9.47 Å². The second kappa shape index (κ2) is 8.58. The molecule has 0 spiro atoms. The molecule has 26 heavy (non-hydrogen) atoms. The number of carbonyl (C=O) groups excluding carboxylic acids is 1. The van der Waals surface area contributed by atoms with Crippen molar-refractivity contribution < 1.29 is 14.3 Å². The second-order valence-electron chi connectivity index (χ2n) is 5.75. The number of esters is 1. The lowest BCUT2D eigenvalue weighted by Gasteiger charge is -2.07. The number of rotatable bonds is 7. The number of benzene rings is 1. The molecule has 6 heteroatoms.